The Morgan fingerprint density at radius 1 is 1.33 bits per heavy atom. The minimum absolute atomic E-state index is 0.158. The van der Waals surface area contributed by atoms with Gasteiger partial charge in [0.05, 0.1) is 0 Å². The highest BCUT2D eigenvalue weighted by Gasteiger charge is 2.39. The van der Waals surface area contributed by atoms with E-state index in [-0.39, 0.29) is 24.3 Å². The number of hydrogen-bond donors (Lipinski definition) is 2. The van der Waals surface area contributed by atoms with E-state index in [4.69, 9.17) is 0 Å². The van der Waals surface area contributed by atoms with Gasteiger partial charge >= 0.3 is 6.03 Å². The Labute approximate surface area is 157 Å². The topological polar surface area (TPSA) is 98.8 Å². The van der Waals surface area contributed by atoms with Crippen molar-refractivity contribution < 1.29 is 19.2 Å². The highest BCUT2D eigenvalue weighted by atomic mass is 16.2. The van der Waals surface area contributed by atoms with E-state index in [2.05, 4.69) is 10.6 Å². The number of hydrogen-bond acceptors (Lipinski definition) is 4. The van der Waals surface area contributed by atoms with Crippen LogP contribution in [-0.4, -0.2) is 53.2 Å². The van der Waals surface area contributed by atoms with E-state index in [1.54, 1.807) is 18.0 Å². The number of amides is 5. The van der Waals surface area contributed by atoms with Gasteiger partial charge in [0.15, 0.2) is 0 Å². The number of fused-ring (bicyclic) bond motifs is 1. The average molecular weight is 372 g/mol. The third kappa shape index (κ3) is 3.94. The van der Waals surface area contributed by atoms with E-state index in [1.165, 1.54) is 4.90 Å². The summed E-state index contributed by atoms with van der Waals surface area (Å²) in [5.41, 5.74) is 2.22. The number of urea groups is 1. The summed E-state index contributed by atoms with van der Waals surface area (Å²) in [5.74, 6) is -0.930. The Hall–Kier alpha value is -2.90. The molecular weight excluding hydrogens is 348 g/mol. The lowest BCUT2D eigenvalue weighted by molar-refractivity contribution is -0.136. The van der Waals surface area contributed by atoms with Gasteiger partial charge in [-0.1, -0.05) is 19.1 Å². The summed E-state index contributed by atoms with van der Waals surface area (Å²) in [6.45, 7) is 3.36. The number of carbonyl (C=O) groups is 4. The second kappa shape index (κ2) is 7.77. The first-order valence-corrected chi connectivity index (χ1v) is 9.16. The molecule has 8 nitrogen and oxygen atoms in total. The summed E-state index contributed by atoms with van der Waals surface area (Å²) in [5, 5.41) is 5.13. The van der Waals surface area contributed by atoms with Crippen molar-refractivity contribution in [3.05, 3.63) is 34.9 Å². The van der Waals surface area contributed by atoms with Crippen molar-refractivity contribution in [1.29, 1.82) is 0 Å². The first kappa shape index (κ1) is 18.9. The van der Waals surface area contributed by atoms with Gasteiger partial charge in [-0.2, -0.15) is 0 Å². The lowest BCUT2D eigenvalue weighted by Gasteiger charge is -2.29. The SMILES string of the molecule is CCCN(C)C(=O)NCc1ccc2c(c1)C(=O)N(C1CCC(=O)NC1=O)C2. The molecule has 1 unspecified atom stereocenters. The van der Waals surface area contributed by atoms with E-state index in [1.807, 2.05) is 19.1 Å². The number of nitrogens with zero attached hydrogens (tertiary/aromatic N) is 2. The van der Waals surface area contributed by atoms with Crippen LogP contribution in [0.5, 0.6) is 0 Å². The van der Waals surface area contributed by atoms with Crippen LogP contribution in [0.1, 0.15) is 47.7 Å². The zero-order valence-electron chi connectivity index (χ0n) is 15.6. The Bertz CT molecular complexity index is 792. The quantitative estimate of drug-likeness (QED) is 0.753. The normalized spacial score (nSPS) is 19.0. The molecule has 0 bridgehead atoms. The van der Waals surface area contributed by atoms with Crippen LogP contribution >= 0.6 is 0 Å². The monoisotopic (exact) mass is 372 g/mol. The van der Waals surface area contributed by atoms with Crippen molar-refractivity contribution in [2.24, 2.45) is 0 Å². The molecule has 1 fully saturated rings. The second-order valence-electron chi connectivity index (χ2n) is 6.97. The maximum atomic E-state index is 12.8. The van der Waals surface area contributed by atoms with Crippen LogP contribution in [-0.2, 0) is 22.7 Å². The molecule has 1 atom stereocenters. The van der Waals surface area contributed by atoms with E-state index < -0.39 is 11.9 Å². The fourth-order valence-corrected chi connectivity index (χ4v) is 3.46. The molecule has 1 aromatic rings. The predicted octanol–water partition coefficient (Wildman–Crippen LogP) is 0.999. The van der Waals surface area contributed by atoms with Gasteiger partial charge in [0.1, 0.15) is 6.04 Å². The predicted molar refractivity (Wildman–Crippen MR) is 97.6 cm³/mol. The van der Waals surface area contributed by atoms with E-state index in [0.717, 1.165) is 17.5 Å². The van der Waals surface area contributed by atoms with Crippen LogP contribution in [0.15, 0.2) is 18.2 Å². The van der Waals surface area contributed by atoms with Gasteiger partial charge in [-0.15, -0.1) is 0 Å². The molecule has 2 heterocycles. The summed E-state index contributed by atoms with van der Waals surface area (Å²) in [7, 11) is 1.74. The average Bonchev–Trinajstić information content (AvgIpc) is 2.96. The largest absolute Gasteiger partial charge is 0.334 e. The number of nitrogens with one attached hydrogen (secondary N) is 2. The lowest BCUT2D eigenvalue weighted by Crippen LogP contribution is -2.52. The zero-order chi connectivity index (χ0) is 19.6. The van der Waals surface area contributed by atoms with Gasteiger partial charge in [0.25, 0.3) is 5.91 Å². The fraction of sp³-hybridized carbons (Fsp3) is 0.474. The summed E-state index contributed by atoms with van der Waals surface area (Å²) in [4.78, 5) is 51.3. The summed E-state index contributed by atoms with van der Waals surface area (Å²) in [6.07, 6.45) is 1.46. The van der Waals surface area contributed by atoms with Crippen molar-refractivity contribution in [3.63, 3.8) is 0 Å². The van der Waals surface area contributed by atoms with Crippen LogP contribution in [0.3, 0.4) is 0 Å². The number of carbonyl (C=O) groups excluding carboxylic acids is 4. The molecule has 8 heteroatoms. The van der Waals surface area contributed by atoms with E-state index in [9.17, 15) is 19.2 Å². The van der Waals surface area contributed by atoms with Gasteiger partial charge < -0.3 is 15.1 Å². The van der Waals surface area contributed by atoms with Crippen LogP contribution in [0, 0.1) is 0 Å². The smallest absolute Gasteiger partial charge is 0.317 e. The molecular formula is C19H24N4O4. The van der Waals surface area contributed by atoms with Gasteiger partial charge in [-0.3, -0.25) is 19.7 Å². The van der Waals surface area contributed by atoms with E-state index >= 15 is 0 Å². The number of piperidine rings is 1. The van der Waals surface area contributed by atoms with Crippen molar-refractivity contribution in [2.75, 3.05) is 13.6 Å². The Morgan fingerprint density at radius 3 is 2.81 bits per heavy atom. The Morgan fingerprint density at radius 2 is 2.11 bits per heavy atom. The molecule has 2 aliphatic rings. The Kier molecular flexibility index (Phi) is 5.43. The summed E-state index contributed by atoms with van der Waals surface area (Å²) < 4.78 is 0. The molecule has 0 radical (unpaired) electrons. The standard InChI is InChI=1S/C19H24N4O4/c1-3-8-22(2)19(27)20-10-12-4-5-13-11-23(18(26)14(13)9-12)15-6-7-16(24)21-17(15)25/h4-5,9,15H,3,6-8,10-11H2,1-2H3,(H,20,27)(H,21,24,25). The van der Waals surface area contributed by atoms with Gasteiger partial charge in [-0.05, 0) is 30.0 Å². The molecule has 2 N–H and O–H groups in total. The molecule has 0 aliphatic carbocycles. The summed E-state index contributed by atoms with van der Waals surface area (Å²) >= 11 is 0. The van der Waals surface area contributed by atoms with Gasteiger partial charge in [0.2, 0.25) is 11.8 Å². The third-order valence-corrected chi connectivity index (χ3v) is 4.94. The maximum Gasteiger partial charge on any atom is 0.317 e. The van der Waals surface area contributed by atoms with Crippen molar-refractivity contribution in [2.45, 2.75) is 45.3 Å². The highest BCUT2D eigenvalue weighted by Crippen LogP contribution is 2.28. The summed E-state index contributed by atoms with van der Waals surface area (Å²) in [6, 6.07) is 4.72. The zero-order valence-corrected chi connectivity index (χ0v) is 15.6. The van der Waals surface area contributed by atoms with Crippen LogP contribution in [0.2, 0.25) is 0 Å². The first-order valence-electron chi connectivity index (χ1n) is 9.16. The van der Waals surface area contributed by atoms with E-state index in [0.29, 0.717) is 31.6 Å². The fourth-order valence-electron chi connectivity index (χ4n) is 3.46. The molecule has 1 aromatic carbocycles. The highest BCUT2D eigenvalue weighted by molar-refractivity contribution is 6.05. The minimum Gasteiger partial charge on any atom is -0.334 e. The number of imide groups is 1. The molecule has 27 heavy (non-hydrogen) atoms. The molecule has 0 spiro atoms. The Balaban J connectivity index is 1.66. The molecule has 5 amide bonds. The van der Waals surface area contributed by atoms with Crippen LogP contribution in [0.4, 0.5) is 4.79 Å². The minimum atomic E-state index is -0.617. The van der Waals surface area contributed by atoms with Crippen molar-refractivity contribution in [1.82, 2.24) is 20.4 Å². The third-order valence-electron chi connectivity index (χ3n) is 4.94. The maximum absolute atomic E-state index is 12.8. The number of rotatable bonds is 5. The second-order valence-corrected chi connectivity index (χ2v) is 6.97. The molecule has 2 aliphatic heterocycles. The lowest BCUT2D eigenvalue weighted by atomic mass is 10.0. The molecule has 144 valence electrons. The molecule has 1 saturated heterocycles. The van der Waals surface area contributed by atoms with Gasteiger partial charge in [0, 0.05) is 38.7 Å². The first-order chi connectivity index (χ1) is 12.9. The van der Waals surface area contributed by atoms with Crippen molar-refractivity contribution in [3.8, 4) is 0 Å². The number of benzene rings is 1. The van der Waals surface area contributed by atoms with Crippen LogP contribution in [0.25, 0.3) is 0 Å². The van der Waals surface area contributed by atoms with Crippen LogP contribution < -0.4 is 10.6 Å². The van der Waals surface area contributed by atoms with Gasteiger partial charge in [-0.25, -0.2) is 4.79 Å². The molecule has 3 rings (SSSR count). The molecule has 0 aromatic heterocycles. The van der Waals surface area contributed by atoms with Crippen molar-refractivity contribution >= 4 is 23.8 Å². The molecule has 0 saturated carbocycles.